The maximum atomic E-state index is 5.96. The highest BCUT2D eigenvalue weighted by Crippen LogP contribution is 2.28. The predicted octanol–water partition coefficient (Wildman–Crippen LogP) is 2.61. The Morgan fingerprint density at radius 3 is 2.71 bits per heavy atom. The van der Waals surface area contributed by atoms with Crippen LogP contribution < -0.4 is 11.1 Å². The fourth-order valence-electron chi connectivity index (χ4n) is 2.57. The van der Waals surface area contributed by atoms with Gasteiger partial charge in [0, 0.05) is 41.3 Å². The molecule has 0 fully saturated rings. The van der Waals surface area contributed by atoms with Crippen molar-refractivity contribution in [3.8, 4) is 11.3 Å². The van der Waals surface area contributed by atoms with E-state index in [1.807, 2.05) is 30.3 Å². The van der Waals surface area contributed by atoms with Crippen LogP contribution >= 0.6 is 0 Å². The van der Waals surface area contributed by atoms with Crippen molar-refractivity contribution < 1.29 is 0 Å². The highest BCUT2D eigenvalue weighted by atomic mass is 15.1. The summed E-state index contributed by atoms with van der Waals surface area (Å²) in [5.41, 5.74) is 9.63. The predicted molar refractivity (Wildman–Crippen MR) is 93.1 cm³/mol. The quantitative estimate of drug-likeness (QED) is 0.534. The maximum Gasteiger partial charge on any atom is 0.147 e. The summed E-state index contributed by atoms with van der Waals surface area (Å²) < 4.78 is 0. The Morgan fingerprint density at radius 1 is 1.04 bits per heavy atom. The molecule has 1 aromatic carbocycles. The fourth-order valence-corrected chi connectivity index (χ4v) is 2.57. The number of anilines is 2. The third-order valence-corrected chi connectivity index (χ3v) is 3.70. The molecule has 0 atom stereocenters. The Morgan fingerprint density at radius 2 is 1.92 bits per heavy atom. The molecule has 0 aliphatic rings. The van der Waals surface area contributed by atoms with Gasteiger partial charge in [-0.3, -0.25) is 5.10 Å². The molecule has 4 aromatic rings. The van der Waals surface area contributed by atoms with Gasteiger partial charge in [0.25, 0.3) is 0 Å². The lowest BCUT2D eigenvalue weighted by Crippen LogP contribution is -2.05. The number of fused-ring (bicyclic) bond motifs is 1. The SMILES string of the molecule is Nc1cc(NCc2ncccn2)c2ccc(-c3ccn[nH]3)cc2n1. The zero-order valence-corrected chi connectivity index (χ0v) is 12.8. The zero-order valence-electron chi connectivity index (χ0n) is 12.8. The Hall–Kier alpha value is -3.48. The van der Waals surface area contributed by atoms with Crippen molar-refractivity contribution in [2.75, 3.05) is 11.1 Å². The molecule has 0 amide bonds. The van der Waals surface area contributed by atoms with Crippen molar-refractivity contribution >= 4 is 22.4 Å². The highest BCUT2D eigenvalue weighted by Gasteiger charge is 2.08. The van der Waals surface area contributed by atoms with E-state index in [2.05, 4.69) is 30.5 Å². The number of hydrogen-bond donors (Lipinski definition) is 3. The van der Waals surface area contributed by atoms with Crippen molar-refractivity contribution in [1.29, 1.82) is 0 Å². The first-order chi connectivity index (χ1) is 11.8. The molecule has 4 N–H and O–H groups in total. The van der Waals surface area contributed by atoms with Crippen LogP contribution in [0.5, 0.6) is 0 Å². The Bertz CT molecular complexity index is 965. The molecule has 118 valence electrons. The second kappa shape index (κ2) is 5.96. The van der Waals surface area contributed by atoms with E-state index in [0.29, 0.717) is 12.4 Å². The molecule has 3 aromatic heterocycles. The van der Waals surface area contributed by atoms with E-state index in [1.165, 1.54) is 0 Å². The summed E-state index contributed by atoms with van der Waals surface area (Å²) in [6, 6.07) is 11.6. The van der Waals surface area contributed by atoms with E-state index < -0.39 is 0 Å². The number of H-pyrrole nitrogens is 1. The van der Waals surface area contributed by atoms with Crippen LogP contribution in [0.15, 0.2) is 55.0 Å². The number of benzene rings is 1. The van der Waals surface area contributed by atoms with Crippen LogP contribution in [0.3, 0.4) is 0 Å². The van der Waals surface area contributed by atoms with Gasteiger partial charge in [0.1, 0.15) is 11.6 Å². The molecule has 0 radical (unpaired) electrons. The topological polar surface area (TPSA) is 105 Å². The van der Waals surface area contributed by atoms with Gasteiger partial charge in [0.15, 0.2) is 0 Å². The van der Waals surface area contributed by atoms with Crippen molar-refractivity contribution in [1.82, 2.24) is 25.1 Å². The van der Waals surface area contributed by atoms with Gasteiger partial charge in [-0.05, 0) is 18.2 Å². The number of nitrogens with zero attached hydrogens (tertiary/aromatic N) is 4. The van der Waals surface area contributed by atoms with E-state index in [1.54, 1.807) is 24.7 Å². The zero-order chi connectivity index (χ0) is 16.4. The number of rotatable bonds is 4. The minimum absolute atomic E-state index is 0.459. The molecule has 0 bridgehead atoms. The largest absolute Gasteiger partial charge is 0.384 e. The lowest BCUT2D eigenvalue weighted by molar-refractivity contribution is 0.949. The molecular formula is C17H15N7. The smallest absolute Gasteiger partial charge is 0.147 e. The van der Waals surface area contributed by atoms with Crippen LogP contribution in [-0.2, 0) is 6.54 Å². The summed E-state index contributed by atoms with van der Waals surface area (Å²) in [7, 11) is 0. The second-order valence-corrected chi connectivity index (χ2v) is 5.32. The summed E-state index contributed by atoms with van der Waals surface area (Å²) in [5.74, 6) is 1.18. The molecule has 4 rings (SSSR count). The molecule has 0 aliphatic heterocycles. The number of pyridine rings is 1. The van der Waals surface area contributed by atoms with Crippen LogP contribution in [0.1, 0.15) is 5.82 Å². The molecule has 3 heterocycles. The number of hydrogen-bond acceptors (Lipinski definition) is 6. The first kappa shape index (κ1) is 14.1. The molecule has 7 heteroatoms. The van der Waals surface area contributed by atoms with Crippen LogP contribution in [0, 0.1) is 0 Å². The minimum atomic E-state index is 0.459. The molecule has 0 saturated carbocycles. The van der Waals surface area contributed by atoms with E-state index in [4.69, 9.17) is 5.73 Å². The van der Waals surface area contributed by atoms with E-state index in [0.717, 1.165) is 33.7 Å². The lowest BCUT2D eigenvalue weighted by atomic mass is 10.1. The number of nitrogen functional groups attached to an aromatic ring is 1. The van der Waals surface area contributed by atoms with Crippen molar-refractivity contribution in [3.05, 3.63) is 60.8 Å². The number of aromatic amines is 1. The normalized spacial score (nSPS) is 10.8. The first-order valence-corrected chi connectivity index (χ1v) is 7.49. The standard InChI is InChI=1S/C17H15N7/c18-16-9-14(21-10-17-19-5-1-6-20-17)12-3-2-11(8-15(12)23-16)13-4-7-22-24-13/h1-9H,10H2,(H,22,24)(H3,18,21,23). The van der Waals surface area contributed by atoms with Gasteiger partial charge >= 0.3 is 0 Å². The average molecular weight is 317 g/mol. The number of aromatic nitrogens is 5. The van der Waals surface area contributed by atoms with Crippen molar-refractivity contribution in [2.45, 2.75) is 6.54 Å². The molecule has 0 unspecified atom stereocenters. The van der Waals surface area contributed by atoms with E-state index in [-0.39, 0.29) is 0 Å². The van der Waals surface area contributed by atoms with Crippen LogP contribution in [0.4, 0.5) is 11.5 Å². The first-order valence-electron chi connectivity index (χ1n) is 7.49. The van der Waals surface area contributed by atoms with Crippen molar-refractivity contribution in [3.63, 3.8) is 0 Å². The second-order valence-electron chi connectivity index (χ2n) is 5.32. The van der Waals surface area contributed by atoms with Crippen molar-refractivity contribution in [2.24, 2.45) is 0 Å². The average Bonchev–Trinajstić information content (AvgIpc) is 3.14. The van der Waals surface area contributed by atoms with E-state index >= 15 is 0 Å². The summed E-state index contributed by atoms with van der Waals surface area (Å²) in [5, 5.41) is 11.3. The lowest BCUT2D eigenvalue weighted by Gasteiger charge is -2.11. The monoisotopic (exact) mass is 317 g/mol. The summed E-state index contributed by atoms with van der Waals surface area (Å²) >= 11 is 0. The minimum Gasteiger partial charge on any atom is -0.384 e. The fraction of sp³-hybridized carbons (Fsp3) is 0.0588. The Labute approximate surface area is 138 Å². The Balaban J connectivity index is 1.70. The number of nitrogens with one attached hydrogen (secondary N) is 2. The Kier molecular flexibility index (Phi) is 3.51. The third kappa shape index (κ3) is 2.74. The van der Waals surface area contributed by atoms with Gasteiger partial charge in [-0.25, -0.2) is 15.0 Å². The van der Waals surface area contributed by atoms with E-state index in [9.17, 15) is 0 Å². The number of nitrogens with two attached hydrogens (primary N) is 1. The van der Waals surface area contributed by atoms with Gasteiger partial charge in [0.2, 0.25) is 0 Å². The summed E-state index contributed by atoms with van der Waals surface area (Å²) in [4.78, 5) is 12.9. The van der Waals surface area contributed by atoms with Crippen LogP contribution in [-0.4, -0.2) is 25.1 Å². The van der Waals surface area contributed by atoms with Gasteiger partial charge in [-0.2, -0.15) is 5.10 Å². The van der Waals surface area contributed by atoms with Gasteiger partial charge in [-0.15, -0.1) is 0 Å². The summed E-state index contributed by atoms with van der Waals surface area (Å²) in [6.45, 7) is 0.516. The maximum absolute atomic E-state index is 5.96. The van der Waals surface area contributed by atoms with Gasteiger partial charge in [0.05, 0.1) is 17.8 Å². The van der Waals surface area contributed by atoms with Gasteiger partial charge < -0.3 is 11.1 Å². The third-order valence-electron chi connectivity index (χ3n) is 3.70. The molecular weight excluding hydrogens is 302 g/mol. The van der Waals surface area contributed by atoms with Gasteiger partial charge in [-0.1, -0.05) is 12.1 Å². The molecule has 0 saturated heterocycles. The molecule has 0 aliphatic carbocycles. The van der Waals surface area contributed by atoms with Crippen LogP contribution in [0.2, 0.25) is 0 Å². The molecule has 24 heavy (non-hydrogen) atoms. The highest BCUT2D eigenvalue weighted by molar-refractivity contribution is 5.95. The summed E-state index contributed by atoms with van der Waals surface area (Å²) in [6.07, 6.45) is 5.17. The van der Waals surface area contributed by atoms with Crippen LogP contribution in [0.25, 0.3) is 22.2 Å². The molecule has 7 nitrogen and oxygen atoms in total. The molecule has 0 spiro atoms.